The van der Waals surface area contributed by atoms with Gasteiger partial charge in [-0.05, 0) is 42.1 Å². The topological polar surface area (TPSA) is 61.7 Å². The number of aromatic hydroxyl groups is 1. The maximum atomic E-state index is 12.1. The van der Waals surface area contributed by atoms with Gasteiger partial charge in [0.25, 0.3) is 5.91 Å². The van der Waals surface area contributed by atoms with Crippen LogP contribution in [0, 0.1) is 0 Å². The van der Waals surface area contributed by atoms with Crippen LogP contribution >= 0.6 is 50.9 Å². The highest BCUT2D eigenvalue weighted by atomic mass is 79.9. The number of amidine groups is 1. The van der Waals surface area contributed by atoms with Gasteiger partial charge in [-0.1, -0.05) is 51.3 Å². The molecule has 8 heteroatoms. The van der Waals surface area contributed by atoms with Crippen molar-refractivity contribution in [1.29, 1.82) is 0 Å². The molecule has 122 valence electrons. The van der Waals surface area contributed by atoms with Crippen LogP contribution in [-0.4, -0.2) is 16.2 Å². The van der Waals surface area contributed by atoms with Crippen LogP contribution in [0.4, 0.5) is 5.69 Å². The zero-order chi connectivity index (χ0) is 17.3. The Kier molecular flexibility index (Phi) is 5.20. The van der Waals surface area contributed by atoms with Crippen molar-refractivity contribution >= 4 is 73.7 Å². The molecule has 1 amide bonds. The minimum Gasteiger partial charge on any atom is -0.506 e. The highest BCUT2D eigenvalue weighted by molar-refractivity contribution is 9.10. The van der Waals surface area contributed by atoms with Gasteiger partial charge in [-0.3, -0.25) is 4.79 Å². The summed E-state index contributed by atoms with van der Waals surface area (Å²) in [5.74, 6) is -0.390. The molecule has 0 atom stereocenters. The number of thioether (sulfide) groups is 1. The number of aliphatic imine (C=N–C) groups is 1. The third kappa shape index (κ3) is 3.78. The lowest BCUT2D eigenvalue weighted by molar-refractivity contribution is -0.115. The highest BCUT2D eigenvalue weighted by Crippen LogP contribution is 2.36. The standard InChI is InChI=1S/C16H9BrCl2N2O2S/c17-9-5-8(14(22)11(19)7-9)6-13-15(23)21-16(24-13)20-12-4-2-1-3-10(12)18/h1-7,22H,(H,20,21,23)/b13-6-. The van der Waals surface area contributed by atoms with Crippen LogP contribution in [0.3, 0.4) is 0 Å². The summed E-state index contributed by atoms with van der Waals surface area (Å²) in [5.41, 5.74) is 1.00. The van der Waals surface area contributed by atoms with Crippen LogP contribution in [0.2, 0.25) is 10.0 Å². The van der Waals surface area contributed by atoms with Crippen molar-refractivity contribution in [2.24, 2.45) is 4.99 Å². The molecule has 0 saturated carbocycles. The number of halogens is 3. The van der Waals surface area contributed by atoms with E-state index in [1.165, 1.54) is 0 Å². The summed E-state index contributed by atoms with van der Waals surface area (Å²) in [6, 6.07) is 10.3. The minimum atomic E-state index is -0.304. The van der Waals surface area contributed by atoms with E-state index in [1.807, 2.05) is 6.07 Å². The summed E-state index contributed by atoms with van der Waals surface area (Å²) in [5, 5.41) is 13.8. The Morgan fingerprint density at radius 3 is 2.71 bits per heavy atom. The minimum absolute atomic E-state index is 0.0859. The Hall–Kier alpha value is -1.47. The van der Waals surface area contributed by atoms with Crippen LogP contribution in [0.5, 0.6) is 5.75 Å². The molecule has 0 radical (unpaired) electrons. The van der Waals surface area contributed by atoms with Crippen molar-refractivity contribution in [2.75, 3.05) is 0 Å². The lowest BCUT2D eigenvalue weighted by Crippen LogP contribution is -2.19. The Bertz CT molecular complexity index is 900. The molecule has 24 heavy (non-hydrogen) atoms. The number of benzene rings is 2. The molecule has 1 heterocycles. The van der Waals surface area contributed by atoms with Crippen LogP contribution < -0.4 is 5.32 Å². The van der Waals surface area contributed by atoms with Gasteiger partial charge in [0.1, 0.15) is 5.75 Å². The number of nitrogens with one attached hydrogen (secondary N) is 1. The van der Waals surface area contributed by atoms with Crippen LogP contribution in [0.25, 0.3) is 6.08 Å². The smallest absolute Gasteiger partial charge is 0.264 e. The Morgan fingerprint density at radius 1 is 1.21 bits per heavy atom. The van der Waals surface area contributed by atoms with Crippen molar-refractivity contribution in [3.05, 3.63) is 61.4 Å². The number of rotatable bonds is 2. The first kappa shape index (κ1) is 17.4. The average molecular weight is 444 g/mol. The van der Waals surface area contributed by atoms with Crippen molar-refractivity contribution in [3.63, 3.8) is 0 Å². The van der Waals surface area contributed by atoms with E-state index in [2.05, 4.69) is 26.2 Å². The molecule has 0 bridgehead atoms. The highest BCUT2D eigenvalue weighted by Gasteiger charge is 2.24. The summed E-state index contributed by atoms with van der Waals surface area (Å²) in [7, 11) is 0. The Morgan fingerprint density at radius 2 is 1.96 bits per heavy atom. The molecule has 4 nitrogen and oxygen atoms in total. The van der Waals surface area contributed by atoms with E-state index in [0.717, 1.165) is 11.8 Å². The predicted octanol–water partition coefficient (Wildman–Crippen LogP) is 5.35. The van der Waals surface area contributed by atoms with Gasteiger partial charge in [-0.2, -0.15) is 0 Å². The first-order valence-corrected chi connectivity index (χ1v) is 9.02. The molecule has 2 aromatic rings. The van der Waals surface area contributed by atoms with Gasteiger partial charge < -0.3 is 10.4 Å². The molecule has 0 aliphatic carbocycles. The fraction of sp³-hybridized carbons (Fsp3) is 0. The van der Waals surface area contributed by atoms with E-state index < -0.39 is 0 Å². The molecule has 0 aromatic heterocycles. The quantitative estimate of drug-likeness (QED) is 0.614. The molecule has 3 rings (SSSR count). The number of phenolic OH excluding ortho intramolecular Hbond substituents is 1. The number of carbonyl (C=O) groups excluding carboxylic acids is 1. The van der Waals surface area contributed by atoms with Gasteiger partial charge in [-0.25, -0.2) is 4.99 Å². The molecule has 1 aliphatic heterocycles. The van der Waals surface area contributed by atoms with E-state index in [0.29, 0.717) is 30.8 Å². The molecule has 2 aromatic carbocycles. The normalized spacial score (nSPS) is 17.5. The molecule has 1 fully saturated rings. The Balaban J connectivity index is 1.92. The van der Waals surface area contributed by atoms with Crippen molar-refractivity contribution < 1.29 is 9.90 Å². The molecule has 0 unspecified atom stereocenters. The van der Waals surface area contributed by atoms with E-state index in [-0.39, 0.29) is 16.7 Å². The summed E-state index contributed by atoms with van der Waals surface area (Å²) in [6.45, 7) is 0. The van der Waals surface area contributed by atoms with Crippen molar-refractivity contribution in [2.45, 2.75) is 0 Å². The number of hydrogen-bond acceptors (Lipinski definition) is 4. The zero-order valence-electron chi connectivity index (χ0n) is 11.9. The molecular formula is C16H9BrCl2N2O2S. The summed E-state index contributed by atoms with van der Waals surface area (Å²) < 4.78 is 0.700. The third-order valence-electron chi connectivity index (χ3n) is 3.07. The van der Waals surface area contributed by atoms with Gasteiger partial charge in [-0.15, -0.1) is 0 Å². The van der Waals surface area contributed by atoms with Gasteiger partial charge in [0.05, 0.1) is 20.6 Å². The van der Waals surface area contributed by atoms with Gasteiger partial charge in [0.2, 0.25) is 0 Å². The fourth-order valence-corrected chi connectivity index (χ4v) is 3.81. The molecular weight excluding hydrogens is 435 g/mol. The van der Waals surface area contributed by atoms with E-state index >= 15 is 0 Å². The second-order valence-corrected chi connectivity index (χ2v) is 7.52. The fourth-order valence-electron chi connectivity index (χ4n) is 1.97. The number of nitrogens with zero attached hydrogens (tertiary/aromatic N) is 1. The summed E-state index contributed by atoms with van der Waals surface area (Å²) in [4.78, 5) is 16.8. The second kappa shape index (κ2) is 7.19. The van der Waals surface area contributed by atoms with Crippen LogP contribution in [0.1, 0.15) is 5.56 Å². The van der Waals surface area contributed by atoms with Gasteiger partial charge >= 0.3 is 0 Å². The number of phenols is 1. The van der Waals surface area contributed by atoms with E-state index in [9.17, 15) is 9.90 Å². The predicted molar refractivity (Wildman–Crippen MR) is 103 cm³/mol. The SMILES string of the molecule is O=C1NC(=Nc2ccccc2Cl)S/C1=C\c1cc(Br)cc(Cl)c1O. The lowest BCUT2D eigenvalue weighted by atomic mass is 10.2. The van der Waals surface area contributed by atoms with Crippen molar-refractivity contribution in [1.82, 2.24) is 5.32 Å². The number of carbonyl (C=O) groups is 1. The summed E-state index contributed by atoms with van der Waals surface area (Å²) >= 11 is 16.5. The molecule has 1 aliphatic rings. The zero-order valence-corrected chi connectivity index (χ0v) is 15.8. The average Bonchev–Trinajstić information content (AvgIpc) is 2.86. The second-order valence-electron chi connectivity index (χ2n) is 4.76. The van der Waals surface area contributed by atoms with E-state index in [4.69, 9.17) is 23.2 Å². The lowest BCUT2D eigenvalue weighted by Gasteiger charge is -2.03. The molecule has 0 spiro atoms. The van der Waals surface area contributed by atoms with E-state index in [1.54, 1.807) is 36.4 Å². The van der Waals surface area contributed by atoms with Crippen LogP contribution in [-0.2, 0) is 4.79 Å². The van der Waals surface area contributed by atoms with Crippen molar-refractivity contribution in [3.8, 4) is 5.75 Å². The first-order chi connectivity index (χ1) is 11.4. The molecule has 1 saturated heterocycles. The summed E-state index contributed by atoms with van der Waals surface area (Å²) in [6.07, 6.45) is 1.56. The van der Waals surface area contributed by atoms with Crippen LogP contribution in [0.15, 0.2) is 50.8 Å². The van der Waals surface area contributed by atoms with Gasteiger partial charge in [0, 0.05) is 10.0 Å². The monoisotopic (exact) mass is 442 g/mol. The van der Waals surface area contributed by atoms with Gasteiger partial charge in [0.15, 0.2) is 5.17 Å². The first-order valence-electron chi connectivity index (χ1n) is 6.66. The maximum Gasteiger partial charge on any atom is 0.264 e. The number of amides is 1. The Labute approximate surface area is 160 Å². The molecule has 2 N–H and O–H groups in total. The number of para-hydroxylation sites is 1. The maximum absolute atomic E-state index is 12.1. The third-order valence-corrected chi connectivity index (χ3v) is 5.05. The number of hydrogen-bond donors (Lipinski definition) is 2. The largest absolute Gasteiger partial charge is 0.506 e.